The third-order valence-corrected chi connectivity index (χ3v) is 2.43. The monoisotopic (exact) mass is 250 g/mol. The summed E-state index contributed by atoms with van der Waals surface area (Å²) < 4.78 is 15.1. The Kier molecular flexibility index (Phi) is 3.71. The third-order valence-electron chi connectivity index (χ3n) is 2.43. The van der Waals surface area contributed by atoms with Gasteiger partial charge in [-0.3, -0.25) is 4.68 Å². The van der Waals surface area contributed by atoms with Crippen molar-refractivity contribution in [1.82, 2.24) is 19.7 Å². The van der Waals surface area contributed by atoms with Crippen LogP contribution >= 0.6 is 0 Å². The van der Waals surface area contributed by atoms with E-state index in [4.69, 9.17) is 0 Å². The van der Waals surface area contributed by atoms with Crippen molar-refractivity contribution in [3.8, 4) is 0 Å². The topological polar surface area (TPSA) is 67.7 Å². The Morgan fingerprint density at radius 1 is 1.39 bits per heavy atom. The van der Waals surface area contributed by atoms with Crippen molar-refractivity contribution in [2.45, 2.75) is 6.42 Å². The Labute approximate surface area is 104 Å². The summed E-state index contributed by atoms with van der Waals surface area (Å²) in [6, 6.07) is 0. The summed E-state index contributed by atoms with van der Waals surface area (Å²) in [5, 5.41) is 9.77. The molecule has 18 heavy (non-hydrogen) atoms. The molecule has 0 aliphatic rings. The first-order valence-electron chi connectivity index (χ1n) is 5.60. The van der Waals surface area contributed by atoms with Crippen LogP contribution in [-0.2, 0) is 13.5 Å². The molecular weight excluding hydrogens is 235 g/mol. The molecule has 0 spiro atoms. The van der Waals surface area contributed by atoms with Gasteiger partial charge >= 0.3 is 0 Å². The van der Waals surface area contributed by atoms with Crippen LogP contribution in [0.3, 0.4) is 0 Å². The van der Waals surface area contributed by atoms with Gasteiger partial charge in [-0.25, -0.2) is 9.37 Å². The number of nitrogens with one attached hydrogen (secondary N) is 2. The predicted octanol–water partition coefficient (Wildman–Crippen LogP) is 1.05. The molecule has 0 saturated carbocycles. The summed E-state index contributed by atoms with van der Waals surface area (Å²) in [5.41, 5.74) is 1.09. The van der Waals surface area contributed by atoms with Gasteiger partial charge < -0.3 is 10.6 Å². The first-order valence-corrected chi connectivity index (χ1v) is 5.60. The first-order chi connectivity index (χ1) is 8.69. The number of halogens is 1. The van der Waals surface area contributed by atoms with E-state index in [0.717, 1.165) is 18.2 Å². The molecular formula is C11H15FN6. The van der Waals surface area contributed by atoms with E-state index in [1.54, 1.807) is 17.9 Å². The van der Waals surface area contributed by atoms with E-state index in [0.29, 0.717) is 12.5 Å². The second-order valence-electron chi connectivity index (χ2n) is 3.84. The lowest BCUT2D eigenvalue weighted by Crippen LogP contribution is -2.09. The summed E-state index contributed by atoms with van der Waals surface area (Å²) in [6.45, 7) is 0.586. The number of aromatic nitrogens is 4. The molecule has 0 fully saturated rings. The lowest BCUT2D eigenvalue weighted by molar-refractivity contribution is 0.617. The first kappa shape index (κ1) is 12.3. The summed E-state index contributed by atoms with van der Waals surface area (Å²) in [7, 11) is 3.55. The van der Waals surface area contributed by atoms with Gasteiger partial charge in [-0.15, -0.1) is 0 Å². The standard InChI is InChI=1S/C11H15FN6/c1-13-11-15-6-9(12)10(17-11)14-4-3-8-5-16-18(2)7-8/h5-7H,3-4H2,1-2H3,(H2,13,14,15,17). The number of anilines is 2. The highest BCUT2D eigenvalue weighted by Crippen LogP contribution is 2.11. The van der Waals surface area contributed by atoms with E-state index in [2.05, 4.69) is 25.7 Å². The maximum atomic E-state index is 13.4. The molecule has 2 rings (SSSR count). The highest BCUT2D eigenvalue weighted by molar-refractivity contribution is 5.40. The molecule has 0 amide bonds. The lowest BCUT2D eigenvalue weighted by atomic mass is 10.2. The fraction of sp³-hybridized carbons (Fsp3) is 0.364. The second kappa shape index (κ2) is 5.44. The van der Waals surface area contributed by atoms with Gasteiger partial charge in [-0.05, 0) is 12.0 Å². The highest BCUT2D eigenvalue weighted by Gasteiger charge is 2.05. The molecule has 2 aromatic heterocycles. The molecule has 0 saturated heterocycles. The van der Waals surface area contributed by atoms with Crippen LogP contribution in [0.1, 0.15) is 5.56 Å². The van der Waals surface area contributed by atoms with Gasteiger partial charge in [0.25, 0.3) is 0 Å². The maximum Gasteiger partial charge on any atom is 0.224 e. The van der Waals surface area contributed by atoms with E-state index >= 15 is 0 Å². The van der Waals surface area contributed by atoms with Crippen LogP contribution in [0.25, 0.3) is 0 Å². The summed E-state index contributed by atoms with van der Waals surface area (Å²) >= 11 is 0. The molecule has 0 aliphatic heterocycles. The summed E-state index contributed by atoms with van der Waals surface area (Å²) in [5.74, 6) is 0.138. The lowest BCUT2D eigenvalue weighted by Gasteiger charge is -2.06. The van der Waals surface area contributed by atoms with Gasteiger partial charge in [0.15, 0.2) is 11.6 Å². The predicted molar refractivity (Wildman–Crippen MR) is 66.9 cm³/mol. The summed E-state index contributed by atoms with van der Waals surface area (Å²) in [6.07, 6.45) is 5.62. The van der Waals surface area contributed by atoms with E-state index in [1.807, 2.05) is 13.2 Å². The Hall–Kier alpha value is -2.18. The zero-order valence-corrected chi connectivity index (χ0v) is 10.3. The molecule has 6 nitrogen and oxygen atoms in total. The largest absolute Gasteiger partial charge is 0.367 e. The Balaban J connectivity index is 1.93. The van der Waals surface area contributed by atoms with Crippen molar-refractivity contribution in [2.24, 2.45) is 7.05 Å². The minimum Gasteiger partial charge on any atom is -0.367 e. The van der Waals surface area contributed by atoms with Gasteiger partial charge in [0.05, 0.1) is 12.4 Å². The zero-order valence-electron chi connectivity index (χ0n) is 10.3. The van der Waals surface area contributed by atoms with Crippen LogP contribution < -0.4 is 10.6 Å². The molecule has 7 heteroatoms. The minimum absolute atomic E-state index is 0.207. The molecule has 0 aliphatic carbocycles. The third kappa shape index (κ3) is 2.93. The molecule has 96 valence electrons. The second-order valence-corrected chi connectivity index (χ2v) is 3.84. The maximum absolute atomic E-state index is 13.4. The van der Waals surface area contributed by atoms with E-state index < -0.39 is 5.82 Å². The normalized spacial score (nSPS) is 10.4. The van der Waals surface area contributed by atoms with Gasteiger partial charge in [0.1, 0.15) is 0 Å². The molecule has 0 aromatic carbocycles. The fourth-order valence-corrected chi connectivity index (χ4v) is 1.54. The Morgan fingerprint density at radius 3 is 2.89 bits per heavy atom. The fourth-order valence-electron chi connectivity index (χ4n) is 1.54. The smallest absolute Gasteiger partial charge is 0.224 e. The van der Waals surface area contributed by atoms with Gasteiger partial charge in [-0.1, -0.05) is 0 Å². The Morgan fingerprint density at radius 2 is 2.22 bits per heavy atom. The molecule has 0 radical (unpaired) electrons. The number of hydrogen-bond acceptors (Lipinski definition) is 5. The SMILES string of the molecule is CNc1ncc(F)c(NCCc2cnn(C)c2)n1. The van der Waals surface area contributed by atoms with Crippen molar-refractivity contribution >= 4 is 11.8 Å². The number of rotatable bonds is 5. The van der Waals surface area contributed by atoms with Crippen LogP contribution in [0.15, 0.2) is 18.6 Å². The highest BCUT2D eigenvalue weighted by atomic mass is 19.1. The molecule has 2 aromatic rings. The van der Waals surface area contributed by atoms with Crippen molar-refractivity contribution < 1.29 is 4.39 Å². The molecule has 2 heterocycles. The van der Waals surface area contributed by atoms with Gasteiger partial charge in [0.2, 0.25) is 5.95 Å². The van der Waals surface area contributed by atoms with Gasteiger partial charge in [-0.2, -0.15) is 10.1 Å². The number of hydrogen-bond donors (Lipinski definition) is 2. The van der Waals surface area contributed by atoms with Crippen molar-refractivity contribution in [2.75, 3.05) is 24.2 Å². The molecule has 2 N–H and O–H groups in total. The van der Waals surface area contributed by atoms with Crippen LogP contribution in [0.4, 0.5) is 16.2 Å². The van der Waals surface area contributed by atoms with Crippen LogP contribution in [-0.4, -0.2) is 33.3 Å². The average Bonchev–Trinajstić information content (AvgIpc) is 2.77. The van der Waals surface area contributed by atoms with Crippen LogP contribution in [0.5, 0.6) is 0 Å². The molecule has 0 bridgehead atoms. The number of nitrogens with zero attached hydrogens (tertiary/aromatic N) is 4. The summed E-state index contributed by atoms with van der Waals surface area (Å²) in [4.78, 5) is 7.77. The molecule has 0 unspecified atom stereocenters. The van der Waals surface area contributed by atoms with Crippen molar-refractivity contribution in [1.29, 1.82) is 0 Å². The average molecular weight is 250 g/mol. The van der Waals surface area contributed by atoms with E-state index in [9.17, 15) is 4.39 Å². The minimum atomic E-state index is -0.458. The van der Waals surface area contributed by atoms with Gasteiger partial charge in [0, 0.05) is 26.8 Å². The van der Waals surface area contributed by atoms with Crippen LogP contribution in [0, 0.1) is 5.82 Å². The zero-order chi connectivity index (χ0) is 13.0. The Bertz CT molecular complexity index is 524. The number of aryl methyl sites for hydroxylation is 1. The van der Waals surface area contributed by atoms with E-state index in [-0.39, 0.29) is 5.82 Å². The van der Waals surface area contributed by atoms with Crippen LogP contribution in [0.2, 0.25) is 0 Å². The quantitative estimate of drug-likeness (QED) is 0.830. The van der Waals surface area contributed by atoms with Crippen molar-refractivity contribution in [3.05, 3.63) is 30.0 Å². The van der Waals surface area contributed by atoms with Crippen molar-refractivity contribution in [3.63, 3.8) is 0 Å². The molecule has 0 atom stereocenters. The van der Waals surface area contributed by atoms with E-state index in [1.165, 1.54) is 0 Å².